The van der Waals surface area contributed by atoms with Crippen LogP contribution in [0.4, 0.5) is 0 Å². The number of ketones is 1. The van der Waals surface area contributed by atoms with Gasteiger partial charge in [-0.3, -0.25) is 4.79 Å². The summed E-state index contributed by atoms with van der Waals surface area (Å²) in [7, 11) is 0. The van der Waals surface area contributed by atoms with Gasteiger partial charge in [0, 0.05) is 0 Å². The van der Waals surface area contributed by atoms with Gasteiger partial charge in [0.2, 0.25) is 0 Å². The molecule has 0 fully saturated rings. The Kier molecular flexibility index (Phi) is 3.81. The topological polar surface area (TPSA) is 67.5 Å². The van der Waals surface area contributed by atoms with E-state index in [2.05, 4.69) is 0 Å². The van der Waals surface area contributed by atoms with E-state index < -0.39 is 11.4 Å². The van der Waals surface area contributed by atoms with Crippen molar-refractivity contribution >= 4 is 22.8 Å². The summed E-state index contributed by atoms with van der Waals surface area (Å²) in [6, 6.07) is 14.1. The van der Waals surface area contributed by atoms with Gasteiger partial charge in [0.25, 0.3) is 0 Å². The van der Waals surface area contributed by atoms with Gasteiger partial charge >= 0.3 is 5.63 Å². The second-order valence-corrected chi connectivity index (χ2v) is 5.22. The first-order chi connectivity index (χ1) is 11.1. The predicted octanol–water partition coefficient (Wildman–Crippen LogP) is 3.70. The molecule has 0 amide bonds. The standard InChI is InChI=1S/C19H14O4/c1-12-6-8-13(9-7-12)10-11-15(20)17-18(21)14-4-2-3-5-16(14)23-19(17)22/h2-11,21H,1H3/b11-10+. The number of carbonyl (C=O) groups is 1. The van der Waals surface area contributed by atoms with Crippen LogP contribution in [0.3, 0.4) is 0 Å². The molecule has 0 unspecified atom stereocenters. The van der Waals surface area contributed by atoms with Crippen LogP contribution in [0.2, 0.25) is 0 Å². The number of hydrogen-bond donors (Lipinski definition) is 1. The van der Waals surface area contributed by atoms with Gasteiger partial charge in [0.1, 0.15) is 16.9 Å². The molecule has 3 rings (SSSR count). The molecule has 0 aliphatic carbocycles. The van der Waals surface area contributed by atoms with E-state index in [0.29, 0.717) is 5.39 Å². The van der Waals surface area contributed by atoms with Gasteiger partial charge in [-0.2, -0.15) is 0 Å². The monoisotopic (exact) mass is 306 g/mol. The average molecular weight is 306 g/mol. The molecule has 114 valence electrons. The summed E-state index contributed by atoms with van der Waals surface area (Å²) in [6.45, 7) is 1.97. The molecule has 0 bridgehead atoms. The number of allylic oxidation sites excluding steroid dienone is 1. The molecular weight excluding hydrogens is 292 g/mol. The molecule has 4 heteroatoms. The van der Waals surface area contributed by atoms with E-state index in [1.54, 1.807) is 30.3 Å². The van der Waals surface area contributed by atoms with E-state index >= 15 is 0 Å². The minimum absolute atomic E-state index is 0.245. The van der Waals surface area contributed by atoms with E-state index in [9.17, 15) is 14.7 Å². The normalized spacial score (nSPS) is 11.2. The fraction of sp³-hybridized carbons (Fsp3) is 0.0526. The smallest absolute Gasteiger partial charge is 0.351 e. The molecule has 0 aliphatic rings. The summed E-state index contributed by atoms with van der Waals surface area (Å²) >= 11 is 0. The van der Waals surface area contributed by atoms with Gasteiger partial charge in [0.15, 0.2) is 5.78 Å². The number of aromatic hydroxyl groups is 1. The summed E-state index contributed by atoms with van der Waals surface area (Å²) in [5, 5.41) is 10.6. The number of hydrogen-bond acceptors (Lipinski definition) is 4. The van der Waals surface area contributed by atoms with Crippen LogP contribution in [0.25, 0.3) is 17.0 Å². The Morgan fingerprint density at radius 1 is 1.09 bits per heavy atom. The van der Waals surface area contributed by atoms with E-state index in [1.807, 2.05) is 31.2 Å². The molecule has 1 aromatic heterocycles. The van der Waals surface area contributed by atoms with E-state index in [0.717, 1.165) is 11.1 Å². The molecule has 0 aliphatic heterocycles. The highest BCUT2D eigenvalue weighted by Gasteiger charge is 2.18. The summed E-state index contributed by atoms with van der Waals surface area (Å²) in [5.41, 5.74) is 0.982. The van der Waals surface area contributed by atoms with Crippen LogP contribution in [-0.4, -0.2) is 10.9 Å². The Morgan fingerprint density at radius 2 is 1.78 bits per heavy atom. The molecule has 0 radical (unpaired) electrons. The van der Waals surface area contributed by atoms with E-state index in [1.165, 1.54) is 6.08 Å². The summed E-state index contributed by atoms with van der Waals surface area (Å²) in [5.74, 6) is -0.946. The number of fused-ring (bicyclic) bond motifs is 1. The third kappa shape index (κ3) is 2.92. The number of para-hydroxylation sites is 1. The first kappa shape index (κ1) is 14.8. The maximum atomic E-state index is 12.3. The first-order valence-corrected chi connectivity index (χ1v) is 7.10. The van der Waals surface area contributed by atoms with Gasteiger partial charge in [0.05, 0.1) is 5.39 Å². The Balaban J connectivity index is 2.01. The largest absolute Gasteiger partial charge is 0.506 e. The minimum atomic E-state index is -0.847. The molecule has 0 spiro atoms. The van der Waals surface area contributed by atoms with E-state index in [-0.39, 0.29) is 16.9 Å². The van der Waals surface area contributed by atoms with Crippen molar-refractivity contribution in [3.8, 4) is 5.75 Å². The molecule has 2 aromatic carbocycles. The van der Waals surface area contributed by atoms with Crippen LogP contribution in [0.5, 0.6) is 5.75 Å². The Bertz CT molecular complexity index is 963. The summed E-state index contributed by atoms with van der Waals surface area (Å²) in [4.78, 5) is 24.2. The second-order valence-electron chi connectivity index (χ2n) is 5.22. The minimum Gasteiger partial charge on any atom is -0.506 e. The Hall–Kier alpha value is -3.14. The molecule has 1 heterocycles. The van der Waals surface area contributed by atoms with Crippen LogP contribution in [-0.2, 0) is 0 Å². The third-order valence-corrected chi connectivity index (χ3v) is 3.54. The lowest BCUT2D eigenvalue weighted by molar-refractivity contribution is 0.104. The third-order valence-electron chi connectivity index (χ3n) is 3.54. The maximum absolute atomic E-state index is 12.3. The molecule has 0 atom stereocenters. The highest BCUT2D eigenvalue weighted by Crippen LogP contribution is 2.26. The molecule has 23 heavy (non-hydrogen) atoms. The Labute approximate surface area is 132 Å². The molecule has 4 nitrogen and oxygen atoms in total. The van der Waals surface area contributed by atoms with Crippen molar-refractivity contribution < 1.29 is 14.3 Å². The zero-order valence-corrected chi connectivity index (χ0v) is 12.4. The van der Waals surface area contributed by atoms with Crippen LogP contribution in [0.1, 0.15) is 21.5 Å². The average Bonchev–Trinajstić information content (AvgIpc) is 2.54. The lowest BCUT2D eigenvalue weighted by Crippen LogP contribution is -2.12. The van der Waals surface area contributed by atoms with Crippen molar-refractivity contribution in [3.05, 3.63) is 81.7 Å². The number of rotatable bonds is 3. The molecular formula is C19H14O4. The van der Waals surface area contributed by atoms with Gasteiger partial charge in [-0.25, -0.2) is 4.79 Å². The molecule has 3 aromatic rings. The van der Waals surface area contributed by atoms with Gasteiger partial charge in [-0.05, 0) is 30.7 Å². The number of carbonyl (C=O) groups excluding carboxylic acids is 1. The lowest BCUT2D eigenvalue weighted by Gasteiger charge is -2.03. The molecule has 0 saturated heterocycles. The first-order valence-electron chi connectivity index (χ1n) is 7.10. The fourth-order valence-electron chi connectivity index (χ4n) is 2.28. The van der Waals surface area contributed by atoms with Crippen molar-refractivity contribution in [1.29, 1.82) is 0 Å². The highest BCUT2D eigenvalue weighted by molar-refractivity contribution is 6.10. The van der Waals surface area contributed by atoms with Crippen LogP contribution in [0.15, 0.2) is 63.8 Å². The van der Waals surface area contributed by atoms with Crippen molar-refractivity contribution in [1.82, 2.24) is 0 Å². The summed E-state index contributed by atoms with van der Waals surface area (Å²) < 4.78 is 5.09. The van der Waals surface area contributed by atoms with Gasteiger partial charge < -0.3 is 9.52 Å². The lowest BCUT2D eigenvalue weighted by atomic mass is 10.1. The zero-order chi connectivity index (χ0) is 16.4. The zero-order valence-electron chi connectivity index (χ0n) is 12.4. The van der Waals surface area contributed by atoms with Crippen molar-refractivity contribution in [2.24, 2.45) is 0 Å². The molecule has 1 N–H and O–H groups in total. The van der Waals surface area contributed by atoms with Crippen LogP contribution < -0.4 is 5.63 Å². The highest BCUT2D eigenvalue weighted by atomic mass is 16.4. The van der Waals surface area contributed by atoms with Crippen molar-refractivity contribution in [3.63, 3.8) is 0 Å². The van der Waals surface area contributed by atoms with Crippen LogP contribution in [0, 0.1) is 6.92 Å². The number of aryl methyl sites for hydroxylation is 1. The Morgan fingerprint density at radius 3 is 2.52 bits per heavy atom. The summed E-state index contributed by atoms with van der Waals surface area (Å²) in [6.07, 6.45) is 2.85. The predicted molar refractivity (Wildman–Crippen MR) is 88.7 cm³/mol. The van der Waals surface area contributed by atoms with Crippen molar-refractivity contribution in [2.45, 2.75) is 6.92 Å². The van der Waals surface area contributed by atoms with Crippen LogP contribution >= 0.6 is 0 Å². The SMILES string of the molecule is Cc1ccc(/C=C/C(=O)c2c(O)c3ccccc3oc2=O)cc1. The fourth-order valence-corrected chi connectivity index (χ4v) is 2.28. The van der Waals surface area contributed by atoms with Crippen molar-refractivity contribution in [2.75, 3.05) is 0 Å². The van der Waals surface area contributed by atoms with Gasteiger partial charge in [-0.1, -0.05) is 48.0 Å². The number of benzene rings is 2. The van der Waals surface area contributed by atoms with E-state index in [4.69, 9.17) is 4.42 Å². The maximum Gasteiger partial charge on any atom is 0.351 e. The molecule has 0 saturated carbocycles. The second kappa shape index (κ2) is 5.93. The quantitative estimate of drug-likeness (QED) is 0.455. The van der Waals surface area contributed by atoms with Gasteiger partial charge in [-0.15, -0.1) is 0 Å².